The molecule has 0 unspecified atom stereocenters. The number of fused-ring (bicyclic) bond motifs is 4. The second kappa shape index (κ2) is 7.24. The highest BCUT2D eigenvalue weighted by molar-refractivity contribution is 5.97. The van der Waals surface area contributed by atoms with Gasteiger partial charge in [-0.05, 0) is 53.9 Å². The van der Waals surface area contributed by atoms with Crippen LogP contribution >= 0.6 is 0 Å². The molecule has 2 fully saturated rings. The SMILES string of the molecule is Cn1cc(C(C(=O)O[C@H]2C[C@H]3CC[C@@]2(C)C3(C)C)c2cn(C)c3ccccc23)c2ccccc21. The van der Waals surface area contributed by atoms with E-state index in [1.54, 1.807) is 0 Å². The van der Waals surface area contributed by atoms with Crippen molar-refractivity contribution in [3.8, 4) is 0 Å². The van der Waals surface area contributed by atoms with E-state index in [9.17, 15) is 4.79 Å². The monoisotopic (exact) mass is 454 g/mol. The summed E-state index contributed by atoms with van der Waals surface area (Å²) in [4.78, 5) is 14.2. The number of benzene rings is 2. The molecule has 4 aromatic rings. The summed E-state index contributed by atoms with van der Waals surface area (Å²) < 4.78 is 10.8. The van der Waals surface area contributed by atoms with Crippen LogP contribution in [0, 0.1) is 16.7 Å². The summed E-state index contributed by atoms with van der Waals surface area (Å²) in [7, 11) is 4.10. The fraction of sp³-hybridized carbons (Fsp3) is 0.433. The number of hydrogen-bond donors (Lipinski definition) is 0. The molecule has 2 aliphatic carbocycles. The molecule has 0 amide bonds. The number of para-hydroxylation sites is 2. The zero-order valence-electron chi connectivity index (χ0n) is 20.8. The third kappa shape index (κ3) is 2.80. The topological polar surface area (TPSA) is 36.2 Å². The highest BCUT2D eigenvalue weighted by Gasteiger charge is 2.63. The lowest BCUT2D eigenvalue weighted by Crippen LogP contribution is -2.39. The van der Waals surface area contributed by atoms with Gasteiger partial charge in [-0.1, -0.05) is 57.2 Å². The number of nitrogens with zero attached hydrogens (tertiary/aromatic N) is 2. The van der Waals surface area contributed by atoms with Crippen LogP contribution < -0.4 is 0 Å². The molecule has 34 heavy (non-hydrogen) atoms. The van der Waals surface area contributed by atoms with Gasteiger partial charge in [-0.15, -0.1) is 0 Å². The summed E-state index contributed by atoms with van der Waals surface area (Å²) in [6.45, 7) is 7.07. The van der Waals surface area contributed by atoms with Crippen molar-refractivity contribution in [1.82, 2.24) is 9.13 Å². The molecule has 2 saturated carbocycles. The Labute approximate surface area is 201 Å². The first-order valence-electron chi connectivity index (χ1n) is 12.5. The summed E-state index contributed by atoms with van der Waals surface area (Å²) in [5.41, 5.74) is 4.54. The molecule has 2 aliphatic rings. The second-order valence-corrected chi connectivity index (χ2v) is 11.4. The largest absolute Gasteiger partial charge is 0.461 e. The van der Waals surface area contributed by atoms with Crippen LogP contribution in [0.3, 0.4) is 0 Å². The van der Waals surface area contributed by atoms with E-state index in [1.165, 1.54) is 6.42 Å². The second-order valence-electron chi connectivity index (χ2n) is 11.4. The van der Waals surface area contributed by atoms with E-state index < -0.39 is 5.92 Å². The lowest BCUT2D eigenvalue weighted by atomic mass is 9.70. The van der Waals surface area contributed by atoms with Crippen LogP contribution in [0.15, 0.2) is 60.9 Å². The van der Waals surface area contributed by atoms with Crippen molar-refractivity contribution in [3.05, 3.63) is 72.1 Å². The van der Waals surface area contributed by atoms with Crippen LogP contribution in [0.25, 0.3) is 21.8 Å². The van der Waals surface area contributed by atoms with Crippen LogP contribution in [-0.2, 0) is 23.6 Å². The van der Waals surface area contributed by atoms with Crippen LogP contribution in [0.5, 0.6) is 0 Å². The Morgan fingerprint density at radius 3 is 1.91 bits per heavy atom. The van der Waals surface area contributed by atoms with Crippen LogP contribution in [0.1, 0.15) is 57.1 Å². The van der Waals surface area contributed by atoms with Gasteiger partial charge in [-0.3, -0.25) is 4.79 Å². The normalized spacial score (nSPS) is 25.6. The first-order valence-corrected chi connectivity index (χ1v) is 12.5. The number of carbonyl (C=O) groups excluding carboxylic acids is 1. The number of hydrogen-bond acceptors (Lipinski definition) is 2. The quantitative estimate of drug-likeness (QED) is 0.327. The van der Waals surface area contributed by atoms with Crippen molar-refractivity contribution in [2.24, 2.45) is 30.8 Å². The van der Waals surface area contributed by atoms with E-state index in [0.29, 0.717) is 5.92 Å². The predicted molar refractivity (Wildman–Crippen MR) is 137 cm³/mol. The lowest BCUT2D eigenvalue weighted by molar-refractivity contribution is -0.157. The average molecular weight is 455 g/mol. The summed E-state index contributed by atoms with van der Waals surface area (Å²) in [6.07, 6.45) is 7.56. The third-order valence-corrected chi connectivity index (χ3v) is 9.69. The molecule has 176 valence electrons. The molecule has 2 aromatic carbocycles. The predicted octanol–water partition coefficient (Wildman–Crippen LogP) is 6.56. The Balaban J connectivity index is 1.49. The van der Waals surface area contributed by atoms with E-state index in [-0.39, 0.29) is 22.9 Å². The van der Waals surface area contributed by atoms with Crippen molar-refractivity contribution in [2.45, 2.75) is 52.1 Å². The molecule has 0 N–H and O–H groups in total. The maximum Gasteiger partial charge on any atom is 0.318 e. The fourth-order valence-electron chi connectivity index (χ4n) is 7.14. The summed E-state index contributed by atoms with van der Waals surface area (Å²) in [5, 5.41) is 2.22. The molecule has 3 atom stereocenters. The Morgan fingerprint density at radius 2 is 1.44 bits per heavy atom. The van der Waals surface area contributed by atoms with E-state index in [4.69, 9.17) is 4.74 Å². The van der Waals surface area contributed by atoms with E-state index >= 15 is 0 Å². The smallest absolute Gasteiger partial charge is 0.318 e. The standard InChI is InChI=1S/C30H34N2O2/c1-29(2)19-14-15-30(29,3)26(16-19)34-28(33)27(22-17-31(4)24-12-8-6-10-20(22)24)23-18-32(5)25-13-9-7-11-21(23)25/h6-13,17-19,26-27H,14-16H2,1-5H3/t19-,26+,30-/m1/s1. The number of ether oxygens (including phenoxy) is 1. The molecule has 0 saturated heterocycles. The average Bonchev–Trinajstić information content (AvgIpc) is 3.45. The molecule has 0 spiro atoms. The lowest BCUT2D eigenvalue weighted by Gasteiger charge is -2.38. The molecule has 0 radical (unpaired) electrons. The van der Waals surface area contributed by atoms with Crippen molar-refractivity contribution < 1.29 is 9.53 Å². The third-order valence-electron chi connectivity index (χ3n) is 9.69. The Bertz CT molecular complexity index is 1340. The zero-order chi connectivity index (χ0) is 23.8. The van der Waals surface area contributed by atoms with Crippen molar-refractivity contribution in [3.63, 3.8) is 0 Å². The van der Waals surface area contributed by atoms with Gasteiger partial charge >= 0.3 is 5.97 Å². The minimum Gasteiger partial charge on any atom is -0.461 e. The van der Waals surface area contributed by atoms with Gasteiger partial charge in [-0.2, -0.15) is 0 Å². The molecular weight excluding hydrogens is 420 g/mol. The van der Waals surface area contributed by atoms with Gasteiger partial charge in [0.1, 0.15) is 12.0 Å². The molecule has 6 rings (SSSR count). The molecule has 2 heterocycles. The summed E-state index contributed by atoms with van der Waals surface area (Å²) in [6, 6.07) is 16.7. The fourth-order valence-corrected chi connectivity index (χ4v) is 7.14. The van der Waals surface area contributed by atoms with Crippen molar-refractivity contribution >= 4 is 27.8 Å². The highest BCUT2D eigenvalue weighted by Crippen LogP contribution is 2.66. The zero-order valence-corrected chi connectivity index (χ0v) is 20.8. The molecule has 2 bridgehead atoms. The van der Waals surface area contributed by atoms with Gasteiger partial charge < -0.3 is 13.9 Å². The molecule has 0 aliphatic heterocycles. The molecule has 2 aromatic heterocycles. The van der Waals surface area contributed by atoms with Gasteiger partial charge in [0.2, 0.25) is 0 Å². The minimum absolute atomic E-state index is 0.0267. The minimum atomic E-state index is -0.469. The first kappa shape index (κ1) is 21.5. The summed E-state index contributed by atoms with van der Waals surface area (Å²) in [5.74, 6) is 0.0363. The van der Waals surface area contributed by atoms with Gasteiger partial charge in [-0.25, -0.2) is 0 Å². The summed E-state index contributed by atoms with van der Waals surface area (Å²) >= 11 is 0. The van der Waals surface area contributed by atoms with Crippen molar-refractivity contribution in [1.29, 1.82) is 0 Å². The maximum absolute atomic E-state index is 14.2. The molecule has 4 nitrogen and oxygen atoms in total. The Hall–Kier alpha value is -3.01. The van der Waals surface area contributed by atoms with Crippen LogP contribution in [0.2, 0.25) is 0 Å². The molecular formula is C30H34N2O2. The van der Waals surface area contributed by atoms with E-state index in [0.717, 1.165) is 45.8 Å². The number of esters is 1. The van der Waals surface area contributed by atoms with Gasteiger partial charge in [0.25, 0.3) is 0 Å². The Kier molecular flexibility index (Phi) is 4.58. The van der Waals surface area contributed by atoms with Gasteiger partial charge in [0.05, 0.1) is 0 Å². The van der Waals surface area contributed by atoms with Crippen LogP contribution in [-0.4, -0.2) is 21.2 Å². The number of rotatable bonds is 4. The first-order chi connectivity index (χ1) is 16.2. The van der Waals surface area contributed by atoms with Gasteiger partial charge in [0, 0.05) is 53.7 Å². The van der Waals surface area contributed by atoms with Crippen LogP contribution in [0.4, 0.5) is 0 Å². The number of aryl methyl sites for hydroxylation is 2. The Morgan fingerprint density at radius 1 is 0.912 bits per heavy atom. The molecule has 4 heteroatoms. The van der Waals surface area contributed by atoms with E-state index in [1.807, 2.05) is 0 Å². The number of carbonyl (C=O) groups is 1. The van der Waals surface area contributed by atoms with Crippen molar-refractivity contribution in [2.75, 3.05) is 0 Å². The van der Waals surface area contributed by atoms with E-state index in [2.05, 4.69) is 105 Å². The van der Waals surface area contributed by atoms with Gasteiger partial charge in [0.15, 0.2) is 0 Å². The highest BCUT2D eigenvalue weighted by atomic mass is 16.5. The number of aromatic nitrogens is 2. The maximum atomic E-state index is 14.2.